The number of rotatable bonds is 3. The summed E-state index contributed by atoms with van der Waals surface area (Å²) in [5.41, 5.74) is 0.699. The lowest BCUT2D eigenvalue weighted by Gasteiger charge is -2.20. The molecule has 0 saturated carbocycles. The number of carbonyl (C=O) groups is 1. The molecular weight excluding hydrogens is 296 g/mol. The standard InChI is InChI=1S/C14H11F2N3OS/c1-2-18(9-3-4-10(15)11(16)7-9)13(20)12-8-17-14-19(12)5-6-21-14/h3-8H,2H2,1H3. The second kappa shape index (κ2) is 5.25. The maximum atomic E-state index is 13.4. The van der Waals surface area contributed by atoms with Crippen LogP contribution >= 0.6 is 11.3 Å². The summed E-state index contributed by atoms with van der Waals surface area (Å²) in [6.45, 7) is 2.10. The Morgan fingerprint density at radius 1 is 1.38 bits per heavy atom. The molecule has 0 aliphatic carbocycles. The summed E-state index contributed by atoms with van der Waals surface area (Å²) in [4.78, 5) is 18.8. The van der Waals surface area contributed by atoms with Crippen LogP contribution in [0.25, 0.3) is 4.96 Å². The number of aromatic nitrogens is 2. The van der Waals surface area contributed by atoms with Crippen molar-refractivity contribution in [2.75, 3.05) is 11.4 Å². The molecule has 0 saturated heterocycles. The molecule has 0 aliphatic rings. The number of nitrogens with zero attached hydrogens (tertiary/aromatic N) is 3. The zero-order valence-electron chi connectivity index (χ0n) is 11.1. The van der Waals surface area contributed by atoms with E-state index in [1.54, 1.807) is 17.5 Å². The summed E-state index contributed by atoms with van der Waals surface area (Å²) in [7, 11) is 0. The van der Waals surface area contributed by atoms with Crippen LogP contribution < -0.4 is 4.90 Å². The first-order chi connectivity index (χ1) is 10.1. The summed E-state index contributed by atoms with van der Waals surface area (Å²) in [5, 5.41) is 1.83. The molecule has 108 valence electrons. The van der Waals surface area contributed by atoms with Crippen LogP contribution in [0.4, 0.5) is 14.5 Å². The molecular formula is C14H11F2N3OS. The molecule has 1 aromatic carbocycles. The largest absolute Gasteiger partial charge is 0.307 e. The van der Waals surface area contributed by atoms with Crippen molar-refractivity contribution in [2.45, 2.75) is 6.92 Å². The van der Waals surface area contributed by atoms with Crippen LogP contribution in [0.15, 0.2) is 36.0 Å². The van der Waals surface area contributed by atoms with Gasteiger partial charge in [0.05, 0.1) is 6.20 Å². The minimum absolute atomic E-state index is 0.311. The Balaban J connectivity index is 2.01. The van der Waals surface area contributed by atoms with Gasteiger partial charge in [-0.25, -0.2) is 13.8 Å². The third-order valence-corrected chi connectivity index (χ3v) is 3.91. The van der Waals surface area contributed by atoms with Gasteiger partial charge in [0.2, 0.25) is 0 Å². The minimum atomic E-state index is -0.979. The zero-order valence-corrected chi connectivity index (χ0v) is 11.9. The van der Waals surface area contributed by atoms with Crippen LogP contribution in [0.5, 0.6) is 0 Å². The predicted molar refractivity (Wildman–Crippen MR) is 76.8 cm³/mol. The Morgan fingerprint density at radius 3 is 2.90 bits per heavy atom. The highest BCUT2D eigenvalue weighted by Gasteiger charge is 2.21. The van der Waals surface area contributed by atoms with E-state index in [9.17, 15) is 13.6 Å². The molecule has 0 N–H and O–H groups in total. The van der Waals surface area contributed by atoms with Crippen molar-refractivity contribution in [2.24, 2.45) is 0 Å². The quantitative estimate of drug-likeness (QED) is 0.744. The van der Waals surface area contributed by atoms with E-state index in [2.05, 4.69) is 4.98 Å². The van der Waals surface area contributed by atoms with Crippen LogP contribution in [0.1, 0.15) is 17.4 Å². The maximum absolute atomic E-state index is 13.4. The van der Waals surface area contributed by atoms with Crippen molar-refractivity contribution in [1.29, 1.82) is 0 Å². The number of amides is 1. The Hall–Kier alpha value is -2.28. The monoisotopic (exact) mass is 307 g/mol. The molecule has 0 fully saturated rings. The van der Waals surface area contributed by atoms with E-state index < -0.39 is 11.6 Å². The molecule has 0 spiro atoms. The molecule has 0 radical (unpaired) electrons. The SMILES string of the molecule is CCN(C(=O)c1cnc2sccn12)c1ccc(F)c(F)c1. The van der Waals surface area contributed by atoms with E-state index in [-0.39, 0.29) is 5.91 Å². The third kappa shape index (κ3) is 2.29. The van der Waals surface area contributed by atoms with E-state index in [1.165, 1.54) is 28.5 Å². The third-order valence-electron chi connectivity index (χ3n) is 3.14. The Morgan fingerprint density at radius 2 is 2.19 bits per heavy atom. The van der Waals surface area contributed by atoms with E-state index in [0.29, 0.717) is 22.9 Å². The van der Waals surface area contributed by atoms with Gasteiger partial charge in [0.15, 0.2) is 16.6 Å². The van der Waals surface area contributed by atoms with Gasteiger partial charge in [-0.15, -0.1) is 11.3 Å². The van der Waals surface area contributed by atoms with Gasteiger partial charge in [0.1, 0.15) is 5.69 Å². The first-order valence-corrected chi connectivity index (χ1v) is 7.17. The van der Waals surface area contributed by atoms with Crippen molar-refractivity contribution in [1.82, 2.24) is 9.38 Å². The minimum Gasteiger partial charge on any atom is -0.307 e. The van der Waals surface area contributed by atoms with E-state index in [0.717, 1.165) is 12.1 Å². The molecule has 1 amide bonds. The fraction of sp³-hybridized carbons (Fsp3) is 0.143. The molecule has 7 heteroatoms. The number of fused-ring (bicyclic) bond motifs is 1. The number of thiazole rings is 1. The van der Waals surface area contributed by atoms with Gasteiger partial charge < -0.3 is 4.90 Å². The van der Waals surface area contributed by atoms with Gasteiger partial charge in [0.25, 0.3) is 5.91 Å². The lowest BCUT2D eigenvalue weighted by atomic mass is 10.2. The summed E-state index contributed by atoms with van der Waals surface area (Å²) in [6.07, 6.45) is 3.23. The Kier molecular flexibility index (Phi) is 3.42. The molecule has 0 atom stereocenters. The van der Waals surface area contributed by atoms with Crippen LogP contribution in [-0.2, 0) is 0 Å². The fourth-order valence-corrected chi connectivity index (χ4v) is 2.81. The fourth-order valence-electron chi connectivity index (χ4n) is 2.12. The Bertz CT molecular complexity index is 812. The first-order valence-electron chi connectivity index (χ1n) is 6.29. The van der Waals surface area contributed by atoms with Crippen molar-refractivity contribution in [3.05, 3.63) is 53.3 Å². The highest BCUT2D eigenvalue weighted by Crippen LogP contribution is 2.21. The predicted octanol–water partition coefficient (Wildman–Crippen LogP) is 3.34. The molecule has 0 unspecified atom stereocenters. The van der Waals surface area contributed by atoms with Gasteiger partial charge in [0, 0.05) is 29.9 Å². The Labute approximate surface area is 123 Å². The number of carbonyl (C=O) groups excluding carboxylic acids is 1. The van der Waals surface area contributed by atoms with Crippen molar-refractivity contribution in [3.8, 4) is 0 Å². The van der Waals surface area contributed by atoms with Crippen molar-refractivity contribution < 1.29 is 13.6 Å². The summed E-state index contributed by atoms with van der Waals surface area (Å²) in [5.74, 6) is -2.23. The smallest absolute Gasteiger partial charge is 0.276 e. The van der Waals surface area contributed by atoms with Crippen molar-refractivity contribution in [3.63, 3.8) is 0 Å². The van der Waals surface area contributed by atoms with E-state index >= 15 is 0 Å². The molecule has 3 aromatic rings. The number of hydrogen-bond donors (Lipinski definition) is 0. The van der Waals surface area contributed by atoms with E-state index in [1.807, 2.05) is 5.38 Å². The first kappa shape index (κ1) is 13.7. The lowest BCUT2D eigenvalue weighted by Crippen LogP contribution is -2.31. The lowest BCUT2D eigenvalue weighted by molar-refractivity contribution is 0.0982. The van der Waals surface area contributed by atoms with Crippen LogP contribution in [0.3, 0.4) is 0 Å². The number of imidazole rings is 1. The average molecular weight is 307 g/mol. The summed E-state index contributed by atoms with van der Waals surface area (Å²) in [6, 6.07) is 3.41. The number of anilines is 1. The molecule has 21 heavy (non-hydrogen) atoms. The van der Waals surface area contributed by atoms with Crippen LogP contribution in [0.2, 0.25) is 0 Å². The van der Waals surface area contributed by atoms with Crippen molar-refractivity contribution >= 4 is 27.9 Å². The summed E-state index contributed by atoms with van der Waals surface area (Å²) >= 11 is 1.42. The molecule has 0 aliphatic heterocycles. The second-order valence-corrected chi connectivity index (χ2v) is 5.22. The van der Waals surface area contributed by atoms with Gasteiger partial charge in [-0.2, -0.15) is 0 Å². The number of hydrogen-bond acceptors (Lipinski definition) is 3. The molecule has 2 heterocycles. The molecule has 4 nitrogen and oxygen atoms in total. The van der Waals surface area contributed by atoms with E-state index in [4.69, 9.17) is 0 Å². The topological polar surface area (TPSA) is 37.6 Å². The molecule has 0 bridgehead atoms. The van der Waals surface area contributed by atoms with Crippen LogP contribution in [-0.4, -0.2) is 21.8 Å². The molecule has 2 aromatic heterocycles. The number of benzene rings is 1. The van der Waals surface area contributed by atoms with Gasteiger partial charge in [-0.3, -0.25) is 9.20 Å². The molecule has 3 rings (SSSR count). The normalized spacial score (nSPS) is 11.0. The average Bonchev–Trinajstić information content (AvgIpc) is 3.06. The van der Waals surface area contributed by atoms with Crippen LogP contribution in [0, 0.1) is 11.6 Å². The van der Waals surface area contributed by atoms with Gasteiger partial charge in [-0.1, -0.05) is 0 Å². The summed E-state index contributed by atoms with van der Waals surface area (Å²) < 4.78 is 28.0. The van der Waals surface area contributed by atoms with Gasteiger partial charge in [-0.05, 0) is 19.1 Å². The van der Waals surface area contributed by atoms with Gasteiger partial charge >= 0.3 is 0 Å². The second-order valence-electron chi connectivity index (χ2n) is 4.35. The maximum Gasteiger partial charge on any atom is 0.276 e. The number of halogens is 2. The highest BCUT2D eigenvalue weighted by molar-refractivity contribution is 7.15. The zero-order chi connectivity index (χ0) is 15.0. The highest BCUT2D eigenvalue weighted by atomic mass is 32.1.